The lowest BCUT2D eigenvalue weighted by molar-refractivity contribution is 0.123. The van der Waals surface area contributed by atoms with Gasteiger partial charge in [-0.05, 0) is 59.9 Å². The van der Waals surface area contributed by atoms with Gasteiger partial charge >= 0.3 is 6.03 Å². The van der Waals surface area contributed by atoms with Gasteiger partial charge in [0.25, 0.3) is 0 Å². The van der Waals surface area contributed by atoms with Gasteiger partial charge in [-0.15, -0.1) is 0 Å². The van der Waals surface area contributed by atoms with E-state index in [-0.39, 0.29) is 18.6 Å². The molecule has 7 nitrogen and oxygen atoms in total. The number of likely N-dealkylation sites (tertiary alicyclic amines) is 1. The second-order valence-electron chi connectivity index (χ2n) is 8.25. The van der Waals surface area contributed by atoms with Crippen LogP contribution in [0.3, 0.4) is 0 Å². The third-order valence-electron chi connectivity index (χ3n) is 5.98. The van der Waals surface area contributed by atoms with Crippen molar-refractivity contribution in [1.29, 1.82) is 5.26 Å². The summed E-state index contributed by atoms with van der Waals surface area (Å²) in [6.45, 7) is 6.04. The highest BCUT2D eigenvalue weighted by molar-refractivity contribution is 14.1. The van der Waals surface area contributed by atoms with Crippen LogP contribution in [0.1, 0.15) is 24.0 Å². The molecule has 3 heterocycles. The predicted molar refractivity (Wildman–Crippen MR) is 135 cm³/mol. The van der Waals surface area contributed by atoms with E-state index >= 15 is 0 Å². The summed E-state index contributed by atoms with van der Waals surface area (Å²) in [6, 6.07) is 8.39. The number of ether oxygens (including phenoxy) is 1. The van der Waals surface area contributed by atoms with E-state index in [1.807, 2.05) is 19.1 Å². The molecular weight excluding hydrogens is 539 g/mol. The second kappa shape index (κ2) is 10.4. The van der Waals surface area contributed by atoms with E-state index in [4.69, 9.17) is 4.74 Å². The number of carbonyl (C=O) groups excluding carboxylic acids is 1. The van der Waals surface area contributed by atoms with E-state index in [0.717, 1.165) is 51.2 Å². The molecule has 32 heavy (non-hydrogen) atoms. The number of nitriles is 1. The summed E-state index contributed by atoms with van der Waals surface area (Å²) in [5.74, 6) is 0.119. The standard InChI is InChI=1S/C23H27IN4O3S/c1-15-4-5-17(19(24)11-15)20-18(12-25)22(27-7-9-31-10-8-27)32-21(20)26-23(30)28-6-2-3-16(13-28)14-29/h4-5,11,16,29H,2-3,6-10,13-14H2,1H3,(H,26,30). The molecule has 2 aliphatic rings. The molecule has 2 aliphatic heterocycles. The molecule has 2 aromatic rings. The maximum absolute atomic E-state index is 13.2. The molecule has 0 aliphatic carbocycles. The van der Waals surface area contributed by atoms with Crippen molar-refractivity contribution in [2.45, 2.75) is 19.8 Å². The van der Waals surface area contributed by atoms with Crippen molar-refractivity contribution >= 4 is 50.0 Å². The normalized spacial score (nSPS) is 19.0. The Bertz CT molecular complexity index is 1030. The first-order valence-electron chi connectivity index (χ1n) is 10.8. The maximum atomic E-state index is 13.2. The number of hydrogen-bond donors (Lipinski definition) is 2. The molecule has 2 saturated heterocycles. The molecule has 170 valence electrons. The Morgan fingerprint density at radius 1 is 1.38 bits per heavy atom. The van der Waals surface area contributed by atoms with Crippen molar-refractivity contribution < 1.29 is 14.6 Å². The van der Waals surface area contributed by atoms with Crippen molar-refractivity contribution in [2.75, 3.05) is 56.2 Å². The fourth-order valence-electron chi connectivity index (χ4n) is 4.25. The van der Waals surface area contributed by atoms with Crippen molar-refractivity contribution in [3.63, 3.8) is 0 Å². The lowest BCUT2D eigenvalue weighted by atomic mass is 9.99. The molecule has 4 rings (SSSR count). The number of aryl methyl sites for hydroxylation is 1. The monoisotopic (exact) mass is 566 g/mol. The van der Waals surface area contributed by atoms with Crippen LogP contribution in [0.2, 0.25) is 0 Å². The highest BCUT2D eigenvalue weighted by atomic mass is 127. The molecule has 2 fully saturated rings. The Hall–Kier alpha value is -1.87. The van der Waals surface area contributed by atoms with Gasteiger partial charge in [-0.2, -0.15) is 5.26 Å². The number of benzene rings is 1. The van der Waals surface area contributed by atoms with Gasteiger partial charge in [0.15, 0.2) is 0 Å². The molecule has 1 aromatic carbocycles. The number of piperidine rings is 1. The number of rotatable bonds is 4. The maximum Gasteiger partial charge on any atom is 0.322 e. The number of aliphatic hydroxyl groups is 1. The number of anilines is 2. The average molecular weight is 566 g/mol. The molecule has 1 unspecified atom stereocenters. The van der Waals surface area contributed by atoms with Crippen LogP contribution in [-0.4, -0.2) is 62.0 Å². The highest BCUT2D eigenvalue weighted by Gasteiger charge is 2.29. The second-order valence-corrected chi connectivity index (χ2v) is 10.4. The molecular formula is C23H27IN4O3S. The topological polar surface area (TPSA) is 88.8 Å². The molecule has 2 N–H and O–H groups in total. The predicted octanol–water partition coefficient (Wildman–Crippen LogP) is 4.27. The number of urea groups is 1. The lowest BCUT2D eigenvalue weighted by Crippen LogP contribution is -2.43. The van der Waals surface area contributed by atoms with Gasteiger partial charge in [-0.1, -0.05) is 29.0 Å². The summed E-state index contributed by atoms with van der Waals surface area (Å²) in [6.07, 6.45) is 1.82. The molecule has 0 radical (unpaired) electrons. The van der Waals surface area contributed by atoms with Crippen molar-refractivity contribution in [1.82, 2.24) is 4.90 Å². The smallest absolute Gasteiger partial charge is 0.322 e. The van der Waals surface area contributed by atoms with Crippen molar-refractivity contribution in [3.8, 4) is 17.2 Å². The van der Waals surface area contributed by atoms with Crippen LogP contribution in [0.25, 0.3) is 11.1 Å². The van der Waals surface area contributed by atoms with Crippen molar-refractivity contribution in [2.24, 2.45) is 5.92 Å². The van der Waals surface area contributed by atoms with E-state index < -0.39 is 0 Å². The summed E-state index contributed by atoms with van der Waals surface area (Å²) in [5, 5.41) is 24.4. The number of nitrogens with zero attached hydrogens (tertiary/aromatic N) is 3. The Morgan fingerprint density at radius 3 is 2.84 bits per heavy atom. The molecule has 0 spiro atoms. The Labute approximate surface area is 206 Å². The van der Waals surface area contributed by atoms with Crippen LogP contribution >= 0.6 is 33.9 Å². The van der Waals surface area contributed by atoms with Gasteiger partial charge < -0.3 is 19.6 Å². The van der Waals surface area contributed by atoms with Crippen LogP contribution < -0.4 is 10.2 Å². The number of halogens is 1. The van der Waals surface area contributed by atoms with E-state index in [1.54, 1.807) is 4.90 Å². The summed E-state index contributed by atoms with van der Waals surface area (Å²) >= 11 is 3.76. The van der Waals surface area contributed by atoms with E-state index in [1.165, 1.54) is 11.3 Å². The summed E-state index contributed by atoms with van der Waals surface area (Å²) in [7, 11) is 0. The number of carbonyl (C=O) groups is 1. The van der Waals surface area contributed by atoms with Gasteiger partial charge in [-0.25, -0.2) is 4.79 Å². The number of morpholine rings is 1. The van der Waals surface area contributed by atoms with Gasteiger partial charge in [-0.3, -0.25) is 5.32 Å². The minimum absolute atomic E-state index is 0.0926. The van der Waals surface area contributed by atoms with Gasteiger partial charge in [0.2, 0.25) is 0 Å². The van der Waals surface area contributed by atoms with Crippen LogP contribution in [0.4, 0.5) is 14.8 Å². The van der Waals surface area contributed by atoms with E-state index in [2.05, 4.69) is 44.9 Å². The van der Waals surface area contributed by atoms with Crippen LogP contribution in [-0.2, 0) is 4.74 Å². The van der Waals surface area contributed by atoms with E-state index in [0.29, 0.717) is 36.9 Å². The van der Waals surface area contributed by atoms with Gasteiger partial charge in [0.1, 0.15) is 16.1 Å². The minimum atomic E-state index is -0.175. The molecule has 2 amide bonds. The number of hydrogen-bond acceptors (Lipinski definition) is 6. The first-order valence-corrected chi connectivity index (χ1v) is 12.7. The third-order valence-corrected chi connectivity index (χ3v) is 8.04. The minimum Gasteiger partial charge on any atom is -0.396 e. The zero-order valence-corrected chi connectivity index (χ0v) is 21.0. The average Bonchev–Trinajstić information content (AvgIpc) is 3.17. The van der Waals surface area contributed by atoms with Crippen molar-refractivity contribution in [3.05, 3.63) is 32.9 Å². The Kier molecular flexibility index (Phi) is 7.55. The molecule has 0 bridgehead atoms. The van der Waals surface area contributed by atoms with E-state index in [9.17, 15) is 15.2 Å². The summed E-state index contributed by atoms with van der Waals surface area (Å²) in [5.41, 5.74) is 3.48. The molecule has 9 heteroatoms. The fraction of sp³-hybridized carbons (Fsp3) is 0.478. The van der Waals surface area contributed by atoms with Crippen LogP contribution in [0.5, 0.6) is 0 Å². The number of amides is 2. The van der Waals surface area contributed by atoms with Crippen LogP contribution in [0, 0.1) is 27.7 Å². The quantitative estimate of drug-likeness (QED) is 0.540. The zero-order chi connectivity index (χ0) is 22.7. The number of thiophene rings is 1. The Balaban J connectivity index is 1.73. The number of aliphatic hydroxyl groups excluding tert-OH is 1. The molecule has 1 aromatic heterocycles. The van der Waals surface area contributed by atoms with Gasteiger partial charge in [0, 0.05) is 41.9 Å². The summed E-state index contributed by atoms with van der Waals surface area (Å²) in [4.78, 5) is 17.1. The molecule has 0 saturated carbocycles. The largest absolute Gasteiger partial charge is 0.396 e. The Morgan fingerprint density at radius 2 is 2.16 bits per heavy atom. The van der Waals surface area contributed by atoms with Gasteiger partial charge in [0.05, 0.1) is 18.8 Å². The SMILES string of the molecule is Cc1ccc(-c2c(NC(=O)N3CCCC(CO)C3)sc(N3CCOCC3)c2C#N)c(I)c1. The third kappa shape index (κ3) is 4.88. The molecule has 1 atom stereocenters. The first kappa shape index (κ1) is 23.3. The fourth-order valence-corrected chi connectivity index (χ4v) is 6.40. The first-order chi connectivity index (χ1) is 15.5. The summed E-state index contributed by atoms with van der Waals surface area (Å²) < 4.78 is 6.54. The highest BCUT2D eigenvalue weighted by Crippen LogP contribution is 2.47. The number of nitrogens with one attached hydrogen (secondary N) is 1. The zero-order valence-electron chi connectivity index (χ0n) is 18.1. The lowest BCUT2D eigenvalue weighted by Gasteiger charge is -2.31. The van der Waals surface area contributed by atoms with Crippen LogP contribution in [0.15, 0.2) is 18.2 Å².